The number of piperazine rings is 1. The minimum Gasteiger partial charge on any atom is -0.496 e. The highest BCUT2D eigenvalue weighted by Gasteiger charge is 2.26. The molecule has 2 aliphatic rings. The minimum absolute atomic E-state index is 0. The standard InChI is InChI=1S/C18H29N3O2S.2ClH/c1-22-16-11-18(24-3)17(23-2)10-14(16)13-20-6-8-21(9-7-20)15-4-5-19-12-15;;/h10-11,15,19H,4-9,12-13H2,1-3H3;2*1H. The fraction of sp³-hybridized carbons (Fsp3) is 0.667. The van der Waals surface area contributed by atoms with E-state index in [4.69, 9.17) is 9.47 Å². The molecule has 0 amide bonds. The van der Waals surface area contributed by atoms with Gasteiger partial charge in [-0.05, 0) is 31.4 Å². The predicted molar refractivity (Wildman–Crippen MR) is 114 cm³/mol. The molecule has 150 valence electrons. The molecule has 0 radical (unpaired) electrons. The predicted octanol–water partition coefficient (Wildman–Crippen LogP) is 2.75. The van der Waals surface area contributed by atoms with Crippen LogP contribution in [0.4, 0.5) is 0 Å². The highest BCUT2D eigenvalue weighted by Crippen LogP contribution is 2.35. The van der Waals surface area contributed by atoms with E-state index in [1.165, 1.54) is 18.5 Å². The number of hydrogen-bond acceptors (Lipinski definition) is 6. The summed E-state index contributed by atoms with van der Waals surface area (Å²) in [6.07, 6.45) is 3.36. The first-order valence-electron chi connectivity index (χ1n) is 8.71. The Morgan fingerprint density at radius 3 is 2.31 bits per heavy atom. The number of hydrogen-bond donors (Lipinski definition) is 1. The second kappa shape index (κ2) is 11.5. The average Bonchev–Trinajstić information content (AvgIpc) is 3.16. The van der Waals surface area contributed by atoms with Gasteiger partial charge in [0.25, 0.3) is 0 Å². The van der Waals surface area contributed by atoms with Crippen molar-refractivity contribution in [1.82, 2.24) is 15.1 Å². The van der Waals surface area contributed by atoms with Gasteiger partial charge in [-0.2, -0.15) is 0 Å². The van der Waals surface area contributed by atoms with Gasteiger partial charge in [0.15, 0.2) is 0 Å². The summed E-state index contributed by atoms with van der Waals surface area (Å²) in [7, 11) is 3.49. The third-order valence-electron chi connectivity index (χ3n) is 5.14. The van der Waals surface area contributed by atoms with Gasteiger partial charge in [0.05, 0.1) is 19.1 Å². The number of ether oxygens (including phenoxy) is 2. The molecular formula is C18H31Cl2N3O2S. The largest absolute Gasteiger partial charge is 0.496 e. The molecule has 26 heavy (non-hydrogen) atoms. The molecule has 0 bridgehead atoms. The van der Waals surface area contributed by atoms with Crippen LogP contribution in [0.3, 0.4) is 0 Å². The second-order valence-corrected chi connectivity index (χ2v) is 7.33. The summed E-state index contributed by atoms with van der Waals surface area (Å²) in [6, 6.07) is 4.97. The van der Waals surface area contributed by atoms with Crippen LogP contribution in [0.2, 0.25) is 0 Å². The SMILES string of the molecule is COc1cc(SC)c(OC)cc1CN1CCN(C2CCNC2)CC1.Cl.Cl. The van der Waals surface area contributed by atoms with E-state index in [-0.39, 0.29) is 24.8 Å². The Kier molecular flexibility index (Phi) is 10.4. The molecule has 1 aromatic rings. The average molecular weight is 424 g/mol. The Labute approximate surface area is 174 Å². The summed E-state index contributed by atoms with van der Waals surface area (Å²) in [4.78, 5) is 6.29. The van der Waals surface area contributed by atoms with Crippen molar-refractivity contribution in [2.24, 2.45) is 0 Å². The van der Waals surface area contributed by atoms with Crippen LogP contribution in [0.1, 0.15) is 12.0 Å². The molecule has 1 unspecified atom stereocenters. The molecular weight excluding hydrogens is 393 g/mol. The number of rotatable bonds is 6. The van der Waals surface area contributed by atoms with Gasteiger partial charge in [-0.15, -0.1) is 36.6 Å². The summed E-state index contributed by atoms with van der Waals surface area (Å²) in [5, 5.41) is 3.47. The first-order valence-corrected chi connectivity index (χ1v) is 9.93. The van der Waals surface area contributed by atoms with Gasteiger partial charge in [-0.3, -0.25) is 9.80 Å². The van der Waals surface area contributed by atoms with Gasteiger partial charge in [0.2, 0.25) is 0 Å². The lowest BCUT2D eigenvalue weighted by molar-refractivity contribution is 0.0975. The Hall–Kier alpha value is -0.370. The lowest BCUT2D eigenvalue weighted by Crippen LogP contribution is -2.50. The van der Waals surface area contributed by atoms with Crippen LogP contribution in [-0.4, -0.2) is 75.6 Å². The van der Waals surface area contributed by atoms with Gasteiger partial charge in [0, 0.05) is 50.9 Å². The lowest BCUT2D eigenvalue weighted by atomic mass is 10.1. The summed E-state index contributed by atoms with van der Waals surface area (Å²) in [5.74, 6) is 1.90. The van der Waals surface area contributed by atoms with E-state index < -0.39 is 0 Å². The van der Waals surface area contributed by atoms with Crippen LogP contribution in [0.5, 0.6) is 11.5 Å². The first-order chi connectivity index (χ1) is 11.7. The van der Waals surface area contributed by atoms with E-state index in [9.17, 15) is 0 Å². The van der Waals surface area contributed by atoms with Gasteiger partial charge in [-0.25, -0.2) is 0 Å². The topological polar surface area (TPSA) is 37.0 Å². The van der Waals surface area contributed by atoms with Crippen molar-refractivity contribution >= 4 is 36.6 Å². The molecule has 2 saturated heterocycles. The summed E-state index contributed by atoms with van der Waals surface area (Å²) < 4.78 is 11.2. The molecule has 2 fully saturated rings. The number of benzene rings is 1. The first kappa shape index (κ1) is 23.7. The van der Waals surface area contributed by atoms with E-state index in [1.807, 2.05) is 0 Å². The molecule has 8 heteroatoms. The quantitative estimate of drug-likeness (QED) is 0.708. The molecule has 1 aromatic carbocycles. The summed E-state index contributed by atoms with van der Waals surface area (Å²) in [6.45, 7) is 7.80. The lowest BCUT2D eigenvalue weighted by Gasteiger charge is -2.38. The Morgan fingerprint density at radius 2 is 1.77 bits per heavy atom. The van der Waals surface area contributed by atoms with Gasteiger partial charge in [0.1, 0.15) is 11.5 Å². The van der Waals surface area contributed by atoms with Gasteiger partial charge in [-0.1, -0.05) is 0 Å². The molecule has 1 N–H and O–H groups in total. The molecule has 0 saturated carbocycles. The Morgan fingerprint density at radius 1 is 1.08 bits per heavy atom. The van der Waals surface area contributed by atoms with Crippen molar-refractivity contribution in [1.29, 1.82) is 0 Å². The van der Waals surface area contributed by atoms with Crippen molar-refractivity contribution in [3.05, 3.63) is 17.7 Å². The van der Waals surface area contributed by atoms with Crippen LogP contribution in [0.25, 0.3) is 0 Å². The van der Waals surface area contributed by atoms with E-state index in [2.05, 4.69) is 33.5 Å². The monoisotopic (exact) mass is 423 g/mol. The maximum absolute atomic E-state index is 5.62. The van der Waals surface area contributed by atoms with Crippen molar-refractivity contribution in [3.63, 3.8) is 0 Å². The fourth-order valence-electron chi connectivity index (χ4n) is 3.69. The Balaban J connectivity index is 0.00000169. The second-order valence-electron chi connectivity index (χ2n) is 6.48. The zero-order chi connectivity index (χ0) is 16.9. The van der Waals surface area contributed by atoms with Crippen molar-refractivity contribution in [2.45, 2.75) is 23.9 Å². The van der Waals surface area contributed by atoms with E-state index >= 15 is 0 Å². The van der Waals surface area contributed by atoms with Crippen LogP contribution in [0.15, 0.2) is 17.0 Å². The highest BCUT2D eigenvalue weighted by atomic mass is 35.5. The summed E-state index contributed by atoms with van der Waals surface area (Å²) >= 11 is 1.69. The number of methoxy groups -OCH3 is 2. The Bertz CT molecular complexity index is 551. The maximum Gasteiger partial charge on any atom is 0.132 e. The van der Waals surface area contributed by atoms with Crippen LogP contribution < -0.4 is 14.8 Å². The number of halogens is 2. The number of thioether (sulfide) groups is 1. The smallest absolute Gasteiger partial charge is 0.132 e. The van der Waals surface area contributed by atoms with E-state index in [0.29, 0.717) is 0 Å². The zero-order valence-electron chi connectivity index (χ0n) is 15.8. The zero-order valence-corrected chi connectivity index (χ0v) is 18.3. The minimum atomic E-state index is 0. The van der Waals surface area contributed by atoms with Gasteiger partial charge >= 0.3 is 0 Å². The highest BCUT2D eigenvalue weighted by molar-refractivity contribution is 7.98. The van der Waals surface area contributed by atoms with Crippen molar-refractivity contribution < 1.29 is 9.47 Å². The van der Waals surface area contributed by atoms with E-state index in [1.54, 1.807) is 26.0 Å². The van der Waals surface area contributed by atoms with Gasteiger partial charge < -0.3 is 14.8 Å². The molecule has 3 rings (SSSR count). The van der Waals surface area contributed by atoms with Crippen LogP contribution in [0, 0.1) is 0 Å². The molecule has 0 aliphatic carbocycles. The van der Waals surface area contributed by atoms with Crippen molar-refractivity contribution in [3.8, 4) is 11.5 Å². The summed E-state index contributed by atoms with van der Waals surface area (Å²) in [5.41, 5.74) is 1.21. The third-order valence-corrected chi connectivity index (χ3v) is 5.90. The number of nitrogens with zero attached hydrogens (tertiary/aromatic N) is 2. The molecule has 2 aliphatic heterocycles. The molecule has 0 aromatic heterocycles. The van der Waals surface area contributed by atoms with E-state index in [0.717, 1.165) is 61.7 Å². The molecule has 1 atom stereocenters. The third kappa shape index (κ3) is 5.57. The molecule has 0 spiro atoms. The fourth-order valence-corrected chi connectivity index (χ4v) is 4.26. The van der Waals surface area contributed by atoms with Crippen molar-refractivity contribution in [2.75, 3.05) is 59.7 Å². The normalized spacial score (nSPS) is 21.0. The maximum atomic E-state index is 5.62. The number of nitrogens with one attached hydrogen (secondary N) is 1. The molecule has 5 nitrogen and oxygen atoms in total. The van der Waals surface area contributed by atoms with Crippen LogP contribution in [-0.2, 0) is 6.54 Å². The van der Waals surface area contributed by atoms with Crippen LogP contribution >= 0.6 is 36.6 Å². The molecule has 2 heterocycles.